The van der Waals surface area contributed by atoms with Crippen LogP contribution in [0.2, 0.25) is 18.1 Å². The molecule has 222 valence electrons. The molecular weight excluding hydrogens is 530 g/mol. The van der Waals surface area contributed by atoms with E-state index in [-0.39, 0.29) is 16.5 Å². The first-order chi connectivity index (χ1) is 19.1. The zero-order valence-corrected chi connectivity index (χ0v) is 27.3. The number of fused-ring (bicyclic) bond motifs is 2. The van der Waals surface area contributed by atoms with Crippen molar-refractivity contribution in [2.24, 2.45) is 0 Å². The van der Waals surface area contributed by atoms with E-state index in [1.165, 1.54) is 11.1 Å². The van der Waals surface area contributed by atoms with Gasteiger partial charge in [-0.15, -0.1) is 0 Å². The lowest BCUT2D eigenvalue weighted by Crippen LogP contribution is -2.44. The number of hydrogen-bond acceptors (Lipinski definition) is 5. The van der Waals surface area contributed by atoms with Gasteiger partial charge in [-0.2, -0.15) is 0 Å². The molecule has 0 radical (unpaired) electrons. The van der Waals surface area contributed by atoms with Gasteiger partial charge in [-0.1, -0.05) is 45.0 Å². The number of amides is 1. The molecular formula is C33H47N3O4Si. The fraction of sp³-hybridized carbons (Fsp3) is 0.545. The van der Waals surface area contributed by atoms with Crippen LogP contribution in [0.3, 0.4) is 0 Å². The highest BCUT2D eigenvalue weighted by atomic mass is 28.4. The molecule has 7 nitrogen and oxygen atoms in total. The van der Waals surface area contributed by atoms with Crippen LogP contribution in [0.1, 0.15) is 71.6 Å². The Labute approximate surface area is 246 Å². The molecule has 4 rings (SSSR count). The van der Waals surface area contributed by atoms with Crippen molar-refractivity contribution in [3.05, 3.63) is 69.6 Å². The van der Waals surface area contributed by atoms with Crippen molar-refractivity contribution in [3.63, 3.8) is 0 Å². The molecule has 0 saturated heterocycles. The Kier molecular flexibility index (Phi) is 8.86. The lowest BCUT2D eigenvalue weighted by atomic mass is 10.1. The molecule has 1 amide bonds. The van der Waals surface area contributed by atoms with E-state index in [4.69, 9.17) is 14.1 Å². The molecule has 1 aliphatic carbocycles. The second-order valence-corrected chi connectivity index (χ2v) is 18.5. The molecule has 8 heteroatoms. The molecule has 0 N–H and O–H groups in total. The maximum atomic E-state index is 13.8. The summed E-state index contributed by atoms with van der Waals surface area (Å²) in [6.07, 6.45) is 6.06. The van der Waals surface area contributed by atoms with Gasteiger partial charge in [-0.05, 0) is 88.7 Å². The van der Waals surface area contributed by atoms with Gasteiger partial charge in [0, 0.05) is 31.0 Å². The fourth-order valence-corrected chi connectivity index (χ4v) is 6.26. The first kappa shape index (κ1) is 31.0. The van der Waals surface area contributed by atoms with E-state index < -0.39 is 20.0 Å². The maximum Gasteiger partial charge on any atom is 0.415 e. The molecule has 2 heterocycles. The van der Waals surface area contributed by atoms with E-state index in [9.17, 15) is 9.59 Å². The Morgan fingerprint density at radius 3 is 2.29 bits per heavy atom. The SMILES string of the molecule is CCn1cc(CCCO[Si](C)(C)C(C)(C)C)c(=O)c2cc(N(C(=O)OC(C)(C)C)C3Cc4ccccc4C3)cnc21. The average molecular weight is 578 g/mol. The molecule has 0 saturated carbocycles. The zero-order valence-electron chi connectivity index (χ0n) is 26.3. The van der Waals surface area contributed by atoms with Crippen molar-refractivity contribution in [1.29, 1.82) is 0 Å². The van der Waals surface area contributed by atoms with Gasteiger partial charge in [0.1, 0.15) is 11.2 Å². The van der Waals surface area contributed by atoms with Gasteiger partial charge in [0.25, 0.3) is 0 Å². The number of carbonyl (C=O) groups excluding carboxylic acids is 1. The number of benzene rings is 1. The first-order valence-corrected chi connectivity index (χ1v) is 17.8. The zero-order chi connectivity index (χ0) is 30.2. The summed E-state index contributed by atoms with van der Waals surface area (Å²) >= 11 is 0. The highest BCUT2D eigenvalue weighted by Crippen LogP contribution is 2.36. The van der Waals surface area contributed by atoms with Crippen LogP contribution in [0.5, 0.6) is 0 Å². The molecule has 41 heavy (non-hydrogen) atoms. The highest BCUT2D eigenvalue weighted by molar-refractivity contribution is 6.74. The number of pyridine rings is 2. The second-order valence-electron chi connectivity index (χ2n) is 13.7. The summed E-state index contributed by atoms with van der Waals surface area (Å²) in [6.45, 7) is 20.2. The third kappa shape index (κ3) is 6.92. The van der Waals surface area contributed by atoms with E-state index in [0.717, 1.165) is 24.8 Å². The van der Waals surface area contributed by atoms with Crippen LogP contribution in [0, 0.1) is 0 Å². The molecule has 1 aromatic carbocycles. The number of ether oxygens (including phenoxy) is 1. The van der Waals surface area contributed by atoms with Gasteiger partial charge in [-0.25, -0.2) is 9.78 Å². The fourth-order valence-electron chi connectivity index (χ4n) is 5.18. The number of rotatable bonds is 8. The molecule has 0 bridgehead atoms. The van der Waals surface area contributed by atoms with E-state index in [1.54, 1.807) is 11.1 Å². The largest absolute Gasteiger partial charge is 0.443 e. The van der Waals surface area contributed by atoms with Gasteiger partial charge < -0.3 is 13.7 Å². The van der Waals surface area contributed by atoms with Gasteiger partial charge in [0.2, 0.25) is 0 Å². The summed E-state index contributed by atoms with van der Waals surface area (Å²) in [4.78, 5) is 33.8. The topological polar surface area (TPSA) is 73.7 Å². The number of anilines is 1. The highest BCUT2D eigenvalue weighted by Gasteiger charge is 2.37. The summed E-state index contributed by atoms with van der Waals surface area (Å²) < 4.78 is 14.2. The molecule has 0 spiro atoms. The van der Waals surface area contributed by atoms with Crippen LogP contribution in [-0.4, -0.2) is 42.2 Å². The summed E-state index contributed by atoms with van der Waals surface area (Å²) in [7, 11) is -1.85. The Hall–Kier alpha value is -2.97. The monoisotopic (exact) mass is 577 g/mol. The van der Waals surface area contributed by atoms with E-state index in [0.29, 0.717) is 36.3 Å². The lowest BCUT2D eigenvalue weighted by Gasteiger charge is -2.36. The van der Waals surface area contributed by atoms with E-state index in [1.807, 2.05) is 56.7 Å². The predicted octanol–water partition coefficient (Wildman–Crippen LogP) is 7.28. The number of aryl methyl sites for hydroxylation is 2. The minimum absolute atomic E-state index is 0.0368. The van der Waals surface area contributed by atoms with Crippen molar-refractivity contribution < 1.29 is 14.0 Å². The van der Waals surface area contributed by atoms with Crippen LogP contribution in [0.15, 0.2) is 47.5 Å². The molecule has 1 aliphatic rings. The van der Waals surface area contributed by atoms with Crippen LogP contribution >= 0.6 is 0 Å². The molecule has 0 aliphatic heterocycles. The van der Waals surface area contributed by atoms with Crippen LogP contribution in [0.4, 0.5) is 10.5 Å². The summed E-state index contributed by atoms with van der Waals surface area (Å²) in [5.74, 6) is 0. The Morgan fingerprint density at radius 2 is 1.73 bits per heavy atom. The van der Waals surface area contributed by atoms with Gasteiger partial charge in [0.05, 0.1) is 17.3 Å². The van der Waals surface area contributed by atoms with Crippen molar-refractivity contribution >= 4 is 31.1 Å². The Morgan fingerprint density at radius 1 is 1.10 bits per heavy atom. The van der Waals surface area contributed by atoms with Crippen molar-refractivity contribution in [1.82, 2.24) is 9.55 Å². The second kappa shape index (κ2) is 11.7. The smallest absolute Gasteiger partial charge is 0.415 e. The summed E-state index contributed by atoms with van der Waals surface area (Å²) in [5.41, 5.74) is 3.73. The number of nitrogens with zero attached hydrogens (tertiary/aromatic N) is 3. The number of hydrogen-bond donors (Lipinski definition) is 0. The van der Waals surface area contributed by atoms with Gasteiger partial charge in [0.15, 0.2) is 13.7 Å². The van der Waals surface area contributed by atoms with Crippen LogP contribution < -0.4 is 10.3 Å². The maximum absolute atomic E-state index is 13.8. The number of aromatic nitrogens is 2. The summed E-state index contributed by atoms with van der Waals surface area (Å²) in [5, 5.41) is 0.671. The molecule has 0 unspecified atom stereocenters. The van der Waals surface area contributed by atoms with Gasteiger partial charge in [-0.3, -0.25) is 9.69 Å². The first-order valence-electron chi connectivity index (χ1n) is 14.9. The lowest BCUT2D eigenvalue weighted by molar-refractivity contribution is 0.0566. The van der Waals surface area contributed by atoms with Crippen molar-refractivity contribution in [3.8, 4) is 0 Å². The van der Waals surface area contributed by atoms with E-state index >= 15 is 0 Å². The van der Waals surface area contributed by atoms with E-state index in [2.05, 4.69) is 46.0 Å². The predicted molar refractivity (Wildman–Crippen MR) is 169 cm³/mol. The minimum Gasteiger partial charge on any atom is -0.443 e. The van der Waals surface area contributed by atoms with Crippen molar-refractivity contribution in [2.75, 3.05) is 11.5 Å². The normalized spacial score (nSPS) is 14.4. The molecule has 3 aromatic rings. The van der Waals surface area contributed by atoms with Crippen LogP contribution in [-0.2, 0) is 35.0 Å². The summed E-state index contributed by atoms with van der Waals surface area (Å²) in [6, 6.07) is 10.0. The quantitative estimate of drug-likeness (QED) is 0.208. The Balaban J connectivity index is 1.67. The third-order valence-electron chi connectivity index (χ3n) is 8.44. The number of carbonyl (C=O) groups is 1. The van der Waals surface area contributed by atoms with Gasteiger partial charge >= 0.3 is 6.09 Å². The standard InChI is InChI=1S/C33H47N3O4Si/c1-10-35-22-25(16-13-17-39-41(8,9)33(5,6)7)29(37)28-20-27(21-34-30(28)35)36(31(38)40-32(2,3)4)26-18-23-14-11-12-15-24(23)19-26/h11-12,14-15,20-22,26H,10,13,16-19H2,1-9H3. The Bertz CT molecular complexity index is 1440. The molecule has 2 aromatic heterocycles. The minimum atomic E-state index is -1.85. The molecule has 0 atom stereocenters. The molecule has 0 fully saturated rings. The third-order valence-corrected chi connectivity index (χ3v) is 13.0. The van der Waals surface area contributed by atoms with Crippen molar-refractivity contribution in [2.45, 2.75) is 110 Å². The van der Waals surface area contributed by atoms with Crippen LogP contribution in [0.25, 0.3) is 11.0 Å². The average Bonchev–Trinajstić information content (AvgIpc) is 3.29.